The molecule has 2 aromatic rings. The van der Waals surface area contributed by atoms with E-state index in [1.165, 1.54) is 13.0 Å². The van der Waals surface area contributed by atoms with E-state index in [2.05, 4.69) is 17.2 Å². The van der Waals surface area contributed by atoms with E-state index >= 15 is 0 Å². The summed E-state index contributed by atoms with van der Waals surface area (Å²) >= 11 is 0. The molecule has 200 valence electrons. The number of nitrogens with two attached hydrogens (primary N) is 1. The second-order valence-electron chi connectivity index (χ2n) is 8.13. The van der Waals surface area contributed by atoms with Crippen LogP contribution in [0.2, 0.25) is 0 Å². The molecular formula is C26H30F3N3O5. The van der Waals surface area contributed by atoms with Crippen molar-refractivity contribution in [2.24, 2.45) is 5.73 Å². The van der Waals surface area contributed by atoms with Crippen LogP contribution in [0.1, 0.15) is 55.8 Å². The Kier molecular flexibility index (Phi) is 10.5. The van der Waals surface area contributed by atoms with Gasteiger partial charge >= 0.3 is 12.1 Å². The van der Waals surface area contributed by atoms with E-state index in [1.807, 2.05) is 0 Å². The Hall–Kier alpha value is -4.02. The van der Waals surface area contributed by atoms with Crippen LogP contribution in [0.3, 0.4) is 0 Å². The van der Waals surface area contributed by atoms with Crippen LogP contribution in [-0.2, 0) is 25.3 Å². The molecule has 0 aliphatic rings. The minimum atomic E-state index is -4.71. The summed E-state index contributed by atoms with van der Waals surface area (Å²) in [7, 11) is 0. The Morgan fingerprint density at radius 1 is 1.08 bits per heavy atom. The number of esters is 1. The van der Waals surface area contributed by atoms with Crippen molar-refractivity contribution in [2.75, 3.05) is 18.5 Å². The van der Waals surface area contributed by atoms with Gasteiger partial charge in [0.25, 0.3) is 0 Å². The highest BCUT2D eigenvalue weighted by Gasteiger charge is 2.35. The number of hydrogen-bond donors (Lipinski definition) is 3. The lowest BCUT2D eigenvalue weighted by atomic mass is 10.0. The van der Waals surface area contributed by atoms with Crippen LogP contribution in [0.4, 0.5) is 18.9 Å². The fourth-order valence-corrected chi connectivity index (χ4v) is 3.29. The first-order valence-corrected chi connectivity index (χ1v) is 11.5. The number of halogens is 3. The van der Waals surface area contributed by atoms with Gasteiger partial charge in [0.15, 0.2) is 0 Å². The zero-order chi connectivity index (χ0) is 27.6. The summed E-state index contributed by atoms with van der Waals surface area (Å²) in [5.41, 5.74) is 6.27. The quantitative estimate of drug-likeness (QED) is 0.214. The van der Waals surface area contributed by atoms with Crippen molar-refractivity contribution in [3.8, 4) is 5.75 Å². The van der Waals surface area contributed by atoms with E-state index in [1.54, 1.807) is 31.2 Å². The van der Waals surface area contributed by atoms with Gasteiger partial charge in [-0.2, -0.15) is 13.2 Å². The van der Waals surface area contributed by atoms with Crippen LogP contribution in [0.25, 0.3) is 5.70 Å². The average Bonchev–Trinajstić information content (AvgIpc) is 2.81. The minimum Gasteiger partial charge on any atom is -0.493 e. The fraction of sp³-hybridized carbons (Fsp3) is 0.346. The summed E-state index contributed by atoms with van der Waals surface area (Å²) in [5.74, 6) is -2.09. The smallest absolute Gasteiger partial charge is 0.419 e. The number of anilines is 1. The maximum Gasteiger partial charge on any atom is 0.419 e. The van der Waals surface area contributed by atoms with Crippen LogP contribution in [0.5, 0.6) is 5.75 Å². The third-order valence-corrected chi connectivity index (χ3v) is 5.14. The molecule has 11 heteroatoms. The van der Waals surface area contributed by atoms with Gasteiger partial charge in [-0.3, -0.25) is 14.4 Å². The molecule has 4 N–H and O–H groups in total. The van der Waals surface area contributed by atoms with Crippen molar-refractivity contribution in [3.05, 3.63) is 65.7 Å². The van der Waals surface area contributed by atoms with Gasteiger partial charge in [0.1, 0.15) is 12.2 Å². The topological polar surface area (TPSA) is 120 Å². The molecule has 0 spiro atoms. The highest BCUT2D eigenvalue weighted by atomic mass is 19.4. The number of rotatable bonds is 12. The molecule has 2 rings (SSSR count). The van der Waals surface area contributed by atoms with Gasteiger partial charge in [-0.05, 0) is 55.7 Å². The molecule has 0 fully saturated rings. The third-order valence-electron chi connectivity index (χ3n) is 5.14. The van der Waals surface area contributed by atoms with Crippen molar-refractivity contribution < 1.29 is 37.0 Å². The van der Waals surface area contributed by atoms with E-state index in [0.717, 1.165) is 12.1 Å². The van der Waals surface area contributed by atoms with Gasteiger partial charge < -0.3 is 25.8 Å². The maximum absolute atomic E-state index is 13.6. The van der Waals surface area contributed by atoms with Crippen molar-refractivity contribution in [2.45, 2.75) is 45.3 Å². The molecule has 0 aromatic heterocycles. The number of nitrogens with one attached hydrogen (secondary N) is 2. The average molecular weight is 522 g/mol. The van der Waals surface area contributed by atoms with Gasteiger partial charge in [-0.25, -0.2) is 0 Å². The van der Waals surface area contributed by atoms with Crippen molar-refractivity contribution >= 4 is 29.2 Å². The first-order valence-electron chi connectivity index (χ1n) is 11.5. The normalized spacial score (nSPS) is 11.8. The summed E-state index contributed by atoms with van der Waals surface area (Å²) < 4.78 is 50.9. The van der Waals surface area contributed by atoms with Gasteiger partial charge in [-0.1, -0.05) is 24.8 Å². The van der Waals surface area contributed by atoms with E-state index < -0.39 is 42.0 Å². The Morgan fingerprint density at radius 2 is 1.76 bits per heavy atom. The molecular weight excluding hydrogens is 491 g/mol. The molecule has 0 saturated carbocycles. The van der Waals surface area contributed by atoms with Gasteiger partial charge in [0.2, 0.25) is 11.8 Å². The Labute approximate surface area is 213 Å². The predicted molar refractivity (Wildman–Crippen MR) is 132 cm³/mol. The summed E-state index contributed by atoms with van der Waals surface area (Å²) in [4.78, 5) is 35.9. The molecule has 1 atom stereocenters. The highest BCUT2D eigenvalue weighted by molar-refractivity contribution is 6.03. The second-order valence-corrected chi connectivity index (χ2v) is 8.13. The lowest BCUT2D eigenvalue weighted by Gasteiger charge is -2.19. The summed E-state index contributed by atoms with van der Waals surface area (Å²) in [6, 6.07) is 9.16. The van der Waals surface area contributed by atoms with Crippen molar-refractivity contribution in [3.63, 3.8) is 0 Å². The summed E-state index contributed by atoms with van der Waals surface area (Å²) in [6.45, 7) is 6.89. The van der Waals surface area contributed by atoms with E-state index in [0.29, 0.717) is 16.9 Å². The number of amides is 2. The standard InChI is InChI=1S/C26H30F3N3O5/c1-4-36-25(35)6-5-13-37-22-12-9-19(14-21(22)26(27,28)29)17(3)31-23(33)15-24(34)32-20-10-7-18(8-11-20)16(2)30/h7-12,14,17H,2,4-6,13,15,30H2,1,3H3,(H,31,33)(H,32,34). The molecule has 0 aliphatic heterocycles. The zero-order valence-electron chi connectivity index (χ0n) is 20.6. The van der Waals surface area contributed by atoms with Crippen LogP contribution < -0.4 is 21.1 Å². The monoisotopic (exact) mass is 521 g/mol. The molecule has 0 radical (unpaired) electrons. The largest absolute Gasteiger partial charge is 0.493 e. The number of hydrogen-bond acceptors (Lipinski definition) is 6. The first-order chi connectivity index (χ1) is 17.4. The second kappa shape index (κ2) is 13.3. The molecule has 0 aliphatic carbocycles. The lowest BCUT2D eigenvalue weighted by Crippen LogP contribution is -2.30. The number of benzene rings is 2. The van der Waals surface area contributed by atoms with Crippen molar-refractivity contribution in [1.29, 1.82) is 0 Å². The summed E-state index contributed by atoms with van der Waals surface area (Å²) in [6.07, 6.45) is -5.01. The SMILES string of the molecule is C=C(N)c1ccc(NC(=O)CC(=O)NC(C)c2ccc(OCCCC(=O)OCC)c(C(F)(F)F)c2)cc1. The molecule has 2 amide bonds. The molecule has 8 nitrogen and oxygen atoms in total. The molecule has 2 aromatic carbocycles. The van der Waals surface area contributed by atoms with E-state index in [9.17, 15) is 27.6 Å². The predicted octanol–water partition coefficient (Wildman–Crippen LogP) is 4.56. The maximum atomic E-state index is 13.6. The molecule has 0 heterocycles. The Morgan fingerprint density at radius 3 is 2.35 bits per heavy atom. The first kappa shape index (κ1) is 29.2. The zero-order valence-corrected chi connectivity index (χ0v) is 20.6. The van der Waals surface area contributed by atoms with Gasteiger partial charge in [-0.15, -0.1) is 0 Å². The minimum absolute atomic E-state index is 0.0265. The lowest BCUT2D eigenvalue weighted by molar-refractivity contribution is -0.143. The fourth-order valence-electron chi connectivity index (χ4n) is 3.29. The van der Waals surface area contributed by atoms with E-state index in [-0.39, 0.29) is 37.4 Å². The van der Waals surface area contributed by atoms with Gasteiger partial charge in [0.05, 0.1) is 24.8 Å². The summed E-state index contributed by atoms with van der Waals surface area (Å²) in [5, 5.41) is 5.09. The number of carbonyl (C=O) groups excluding carboxylic acids is 3. The van der Waals surface area contributed by atoms with Crippen LogP contribution in [0.15, 0.2) is 49.0 Å². The van der Waals surface area contributed by atoms with Crippen LogP contribution >= 0.6 is 0 Å². The van der Waals surface area contributed by atoms with Crippen LogP contribution in [-0.4, -0.2) is 31.0 Å². The third kappa shape index (κ3) is 9.51. The van der Waals surface area contributed by atoms with E-state index in [4.69, 9.17) is 15.2 Å². The Bertz CT molecular complexity index is 1120. The number of alkyl halides is 3. The molecule has 1 unspecified atom stereocenters. The molecule has 0 bridgehead atoms. The Balaban J connectivity index is 1.96. The van der Waals surface area contributed by atoms with Crippen LogP contribution in [0, 0.1) is 0 Å². The van der Waals surface area contributed by atoms with Gasteiger partial charge in [0, 0.05) is 17.8 Å². The molecule has 0 saturated heterocycles. The number of ether oxygens (including phenoxy) is 2. The molecule has 37 heavy (non-hydrogen) atoms. The highest BCUT2D eigenvalue weighted by Crippen LogP contribution is 2.38. The number of carbonyl (C=O) groups is 3. The van der Waals surface area contributed by atoms with Crippen molar-refractivity contribution in [1.82, 2.24) is 5.32 Å².